The zero-order valence-electron chi connectivity index (χ0n) is 9.37. The van der Waals surface area contributed by atoms with Gasteiger partial charge in [0, 0.05) is 12.6 Å². The van der Waals surface area contributed by atoms with Crippen LogP contribution in [0.2, 0.25) is 0 Å². The van der Waals surface area contributed by atoms with Crippen LogP contribution in [0.25, 0.3) is 0 Å². The van der Waals surface area contributed by atoms with Gasteiger partial charge in [-0.2, -0.15) is 0 Å². The Kier molecular flexibility index (Phi) is 3.82. The van der Waals surface area contributed by atoms with Crippen molar-refractivity contribution in [1.82, 2.24) is 4.90 Å². The van der Waals surface area contributed by atoms with Crippen molar-refractivity contribution in [3.8, 4) is 0 Å². The number of hydrogen-bond acceptors (Lipinski definition) is 2. The largest absolute Gasteiger partial charge is 0.375 e. The summed E-state index contributed by atoms with van der Waals surface area (Å²) in [4.78, 5) is 2.64. The highest BCUT2D eigenvalue weighted by atomic mass is 16.5. The van der Waals surface area contributed by atoms with E-state index < -0.39 is 0 Å². The molecule has 0 radical (unpaired) electrons. The molecule has 2 aliphatic rings. The zero-order valence-corrected chi connectivity index (χ0v) is 9.37. The molecule has 0 aromatic rings. The van der Waals surface area contributed by atoms with Crippen molar-refractivity contribution in [3.05, 3.63) is 0 Å². The first kappa shape index (κ1) is 10.4. The van der Waals surface area contributed by atoms with Crippen molar-refractivity contribution in [3.63, 3.8) is 0 Å². The molecule has 2 aliphatic heterocycles. The number of nitrogens with zero attached hydrogens (tertiary/aromatic N) is 1. The lowest BCUT2D eigenvalue weighted by Crippen LogP contribution is -2.37. The summed E-state index contributed by atoms with van der Waals surface area (Å²) in [7, 11) is 0. The molecule has 0 saturated carbocycles. The van der Waals surface area contributed by atoms with E-state index in [2.05, 4.69) is 11.8 Å². The van der Waals surface area contributed by atoms with E-state index in [1.807, 2.05) is 0 Å². The van der Waals surface area contributed by atoms with Gasteiger partial charge in [-0.05, 0) is 19.4 Å². The van der Waals surface area contributed by atoms with E-state index in [1.54, 1.807) is 0 Å². The number of rotatable bonds is 6. The quantitative estimate of drug-likeness (QED) is 0.606. The highest BCUT2D eigenvalue weighted by molar-refractivity contribution is 4.91. The van der Waals surface area contributed by atoms with Gasteiger partial charge in [-0.3, -0.25) is 4.90 Å². The summed E-state index contributed by atoms with van der Waals surface area (Å²) in [6.45, 7) is 5.79. The van der Waals surface area contributed by atoms with Crippen LogP contribution in [0.4, 0.5) is 0 Å². The molecule has 0 aromatic carbocycles. The van der Waals surface area contributed by atoms with Gasteiger partial charge in [0.05, 0.1) is 12.7 Å². The van der Waals surface area contributed by atoms with Gasteiger partial charge in [0.2, 0.25) is 0 Å². The Morgan fingerprint density at radius 1 is 1.21 bits per heavy atom. The number of ether oxygens (including phenoxy) is 1. The highest BCUT2D eigenvalue weighted by Gasteiger charge is 2.38. The molecule has 2 heteroatoms. The third-order valence-corrected chi connectivity index (χ3v) is 3.56. The number of morpholine rings is 1. The van der Waals surface area contributed by atoms with E-state index in [9.17, 15) is 0 Å². The maximum Gasteiger partial charge on any atom is 0.0718 e. The van der Waals surface area contributed by atoms with Gasteiger partial charge < -0.3 is 4.74 Å². The number of unbranched alkanes of at least 4 members (excludes halogenated alkanes) is 4. The van der Waals surface area contributed by atoms with Crippen molar-refractivity contribution >= 4 is 0 Å². The molecule has 0 spiro atoms. The molecular formula is C12H23NO. The summed E-state index contributed by atoms with van der Waals surface area (Å²) in [5, 5.41) is 0. The summed E-state index contributed by atoms with van der Waals surface area (Å²) >= 11 is 0. The molecule has 0 amide bonds. The van der Waals surface area contributed by atoms with E-state index in [4.69, 9.17) is 4.74 Å². The summed E-state index contributed by atoms with van der Waals surface area (Å²) in [5.74, 6) is 0. The fraction of sp³-hybridized carbons (Fsp3) is 1.00. The topological polar surface area (TPSA) is 12.5 Å². The van der Waals surface area contributed by atoms with E-state index in [0.29, 0.717) is 6.10 Å². The summed E-state index contributed by atoms with van der Waals surface area (Å²) in [6, 6.07) is 0.770. The highest BCUT2D eigenvalue weighted by Crippen LogP contribution is 2.27. The number of likely N-dealkylation sites (tertiary alicyclic amines) is 1. The Balaban J connectivity index is 1.54. The van der Waals surface area contributed by atoms with Crippen LogP contribution in [0.3, 0.4) is 0 Å². The van der Waals surface area contributed by atoms with Gasteiger partial charge in [0.1, 0.15) is 0 Å². The summed E-state index contributed by atoms with van der Waals surface area (Å²) in [5.41, 5.74) is 0. The summed E-state index contributed by atoms with van der Waals surface area (Å²) < 4.78 is 5.59. The Hall–Kier alpha value is -0.0800. The van der Waals surface area contributed by atoms with Crippen molar-refractivity contribution in [2.45, 2.75) is 57.6 Å². The van der Waals surface area contributed by atoms with Gasteiger partial charge in [0.15, 0.2) is 0 Å². The van der Waals surface area contributed by atoms with Crippen molar-refractivity contribution < 1.29 is 4.74 Å². The Labute approximate surface area is 87.6 Å². The molecule has 14 heavy (non-hydrogen) atoms. The average molecular weight is 197 g/mol. The molecule has 0 N–H and O–H groups in total. The van der Waals surface area contributed by atoms with Gasteiger partial charge in [0.25, 0.3) is 0 Å². The normalized spacial score (nSPS) is 31.5. The van der Waals surface area contributed by atoms with Crippen LogP contribution >= 0.6 is 0 Å². The first-order valence-corrected chi connectivity index (χ1v) is 6.26. The SMILES string of the molecule is CCCCCCCN1C[C@@H]2C[C@H]1CO2. The lowest BCUT2D eigenvalue weighted by molar-refractivity contribution is 0.0300. The predicted octanol–water partition coefficient (Wildman–Crippen LogP) is 2.43. The predicted molar refractivity (Wildman–Crippen MR) is 58.5 cm³/mol. The van der Waals surface area contributed by atoms with Gasteiger partial charge in [-0.1, -0.05) is 32.6 Å². The lowest BCUT2D eigenvalue weighted by Gasteiger charge is -2.26. The lowest BCUT2D eigenvalue weighted by atomic mass is 10.1. The number of hydrogen-bond donors (Lipinski definition) is 0. The molecular weight excluding hydrogens is 174 g/mol. The second kappa shape index (κ2) is 5.13. The van der Waals surface area contributed by atoms with Crippen LogP contribution in [0.1, 0.15) is 45.4 Å². The monoisotopic (exact) mass is 197 g/mol. The van der Waals surface area contributed by atoms with Crippen molar-refractivity contribution in [2.24, 2.45) is 0 Å². The molecule has 0 aromatic heterocycles. The maximum atomic E-state index is 5.59. The Bertz CT molecular complexity index is 172. The number of fused-ring (bicyclic) bond motifs is 2. The minimum atomic E-state index is 0.579. The van der Waals surface area contributed by atoms with Crippen LogP contribution in [-0.4, -0.2) is 36.7 Å². The first-order chi connectivity index (χ1) is 6.90. The van der Waals surface area contributed by atoms with E-state index in [0.717, 1.165) is 12.6 Å². The van der Waals surface area contributed by atoms with Crippen LogP contribution in [0.5, 0.6) is 0 Å². The summed E-state index contributed by atoms with van der Waals surface area (Å²) in [6.07, 6.45) is 8.88. The van der Waals surface area contributed by atoms with E-state index in [1.165, 1.54) is 51.6 Å². The first-order valence-electron chi connectivity index (χ1n) is 6.26. The molecule has 0 aliphatic carbocycles. The van der Waals surface area contributed by atoms with Gasteiger partial charge in [-0.15, -0.1) is 0 Å². The zero-order chi connectivity index (χ0) is 9.80. The third kappa shape index (κ3) is 2.48. The van der Waals surface area contributed by atoms with Crippen molar-refractivity contribution in [1.29, 1.82) is 0 Å². The van der Waals surface area contributed by atoms with Crippen LogP contribution in [0.15, 0.2) is 0 Å². The van der Waals surface area contributed by atoms with Crippen LogP contribution in [-0.2, 0) is 4.74 Å². The van der Waals surface area contributed by atoms with E-state index in [-0.39, 0.29) is 0 Å². The Morgan fingerprint density at radius 2 is 2.07 bits per heavy atom. The molecule has 2 rings (SSSR count). The fourth-order valence-electron chi connectivity index (χ4n) is 2.67. The third-order valence-electron chi connectivity index (χ3n) is 3.56. The van der Waals surface area contributed by atoms with Crippen molar-refractivity contribution in [2.75, 3.05) is 19.7 Å². The molecule has 82 valence electrons. The Morgan fingerprint density at radius 3 is 2.71 bits per heavy atom. The maximum absolute atomic E-state index is 5.59. The standard InChI is InChI=1S/C12H23NO/c1-2-3-4-5-6-7-13-9-12-8-11(13)10-14-12/h11-12H,2-10H2,1H3/t11-,12-/m0/s1. The molecule has 2 atom stereocenters. The fourth-order valence-corrected chi connectivity index (χ4v) is 2.67. The molecule has 2 bridgehead atoms. The van der Waals surface area contributed by atoms with Gasteiger partial charge >= 0.3 is 0 Å². The minimum Gasteiger partial charge on any atom is -0.375 e. The smallest absolute Gasteiger partial charge is 0.0718 e. The molecule has 2 fully saturated rings. The second-order valence-corrected chi connectivity index (χ2v) is 4.75. The minimum absolute atomic E-state index is 0.579. The second-order valence-electron chi connectivity index (χ2n) is 4.75. The molecule has 2 saturated heterocycles. The van der Waals surface area contributed by atoms with E-state index >= 15 is 0 Å². The average Bonchev–Trinajstić information content (AvgIpc) is 2.79. The molecule has 0 unspecified atom stereocenters. The molecule has 2 heterocycles. The van der Waals surface area contributed by atoms with Gasteiger partial charge in [-0.25, -0.2) is 0 Å². The van der Waals surface area contributed by atoms with Crippen LogP contribution in [0, 0.1) is 0 Å². The van der Waals surface area contributed by atoms with Crippen LogP contribution < -0.4 is 0 Å². The molecule has 2 nitrogen and oxygen atoms in total.